The van der Waals surface area contributed by atoms with Gasteiger partial charge in [0, 0.05) is 37.5 Å². The zero-order chi connectivity index (χ0) is 24.5. The van der Waals surface area contributed by atoms with Gasteiger partial charge in [-0.25, -0.2) is 4.79 Å². The van der Waals surface area contributed by atoms with Crippen LogP contribution in [0, 0.1) is 17.3 Å². The van der Waals surface area contributed by atoms with Crippen molar-refractivity contribution in [1.29, 1.82) is 0 Å². The van der Waals surface area contributed by atoms with Crippen molar-refractivity contribution in [2.24, 2.45) is 17.3 Å². The summed E-state index contributed by atoms with van der Waals surface area (Å²) in [6.45, 7) is 9.30. The van der Waals surface area contributed by atoms with Gasteiger partial charge in [0.15, 0.2) is 23.1 Å². The van der Waals surface area contributed by atoms with E-state index in [0.29, 0.717) is 5.57 Å². The van der Waals surface area contributed by atoms with E-state index >= 15 is 0 Å². The molecule has 33 heavy (non-hydrogen) atoms. The minimum atomic E-state index is -1.38. The van der Waals surface area contributed by atoms with Gasteiger partial charge in [0.1, 0.15) is 12.2 Å². The van der Waals surface area contributed by atoms with Crippen molar-refractivity contribution in [1.82, 2.24) is 0 Å². The number of hydrogen-bond donors (Lipinski definition) is 1. The van der Waals surface area contributed by atoms with Crippen LogP contribution in [0.1, 0.15) is 48.0 Å². The zero-order valence-corrected chi connectivity index (χ0v) is 19.6. The Labute approximate surface area is 192 Å². The summed E-state index contributed by atoms with van der Waals surface area (Å²) in [6.07, 6.45) is 0.757. The molecule has 1 N–H and O–H groups in total. The number of aliphatic hydroxyl groups excluding tert-OH is 1. The van der Waals surface area contributed by atoms with Crippen LogP contribution in [0.5, 0.6) is 0 Å². The van der Waals surface area contributed by atoms with Crippen LogP contribution in [0.15, 0.2) is 23.8 Å². The highest BCUT2D eigenvalue weighted by atomic mass is 16.7. The van der Waals surface area contributed by atoms with E-state index in [4.69, 9.17) is 18.9 Å². The topological polar surface area (TPSA) is 129 Å². The van der Waals surface area contributed by atoms with Crippen molar-refractivity contribution in [3.05, 3.63) is 23.8 Å². The summed E-state index contributed by atoms with van der Waals surface area (Å²) in [5, 5.41) is 11.8. The van der Waals surface area contributed by atoms with Crippen LogP contribution in [0.4, 0.5) is 0 Å². The van der Waals surface area contributed by atoms with Gasteiger partial charge < -0.3 is 24.1 Å². The number of carbonyl (C=O) groups is 4. The van der Waals surface area contributed by atoms with Gasteiger partial charge in [-0.05, 0) is 26.0 Å². The van der Waals surface area contributed by atoms with Crippen molar-refractivity contribution in [2.45, 2.75) is 83.6 Å². The van der Waals surface area contributed by atoms with E-state index in [2.05, 4.69) is 0 Å². The highest BCUT2D eigenvalue weighted by Crippen LogP contribution is 2.63. The summed E-state index contributed by atoms with van der Waals surface area (Å²) in [7, 11) is 0. The molecule has 1 spiro atoms. The third-order valence-corrected chi connectivity index (χ3v) is 7.74. The van der Waals surface area contributed by atoms with E-state index in [0.717, 1.165) is 0 Å². The molecule has 180 valence electrons. The van der Waals surface area contributed by atoms with E-state index in [1.807, 2.05) is 0 Å². The first-order valence-corrected chi connectivity index (χ1v) is 11.1. The van der Waals surface area contributed by atoms with E-state index in [1.165, 1.54) is 19.9 Å². The third kappa shape index (κ3) is 3.27. The average molecular weight is 462 g/mol. The summed E-state index contributed by atoms with van der Waals surface area (Å²) in [5.41, 5.74) is -3.17. The highest BCUT2D eigenvalue weighted by Gasteiger charge is 2.86. The Morgan fingerprint density at radius 3 is 2.36 bits per heavy atom. The molecule has 0 aromatic rings. The Morgan fingerprint density at radius 2 is 1.79 bits per heavy atom. The number of rotatable bonds is 2. The first-order chi connectivity index (χ1) is 15.3. The van der Waals surface area contributed by atoms with Crippen molar-refractivity contribution in [3.63, 3.8) is 0 Å². The molecule has 2 saturated heterocycles. The summed E-state index contributed by atoms with van der Waals surface area (Å²) >= 11 is 0. The Hall–Kier alpha value is -2.52. The second kappa shape index (κ2) is 7.50. The molecule has 4 rings (SSSR count). The Balaban J connectivity index is 1.94. The SMILES string of the molecule is CC(=O)O[C@H]1C/C(C)=C\[C@H]2OC(=O)[C@@]3(C)O[C@@]23[C@H](O)[C@@H]2[C@H](C)C(=O)C=C[C@@]2(C)[C@@H]1OC(C)=O. The predicted molar refractivity (Wildman–Crippen MR) is 112 cm³/mol. The van der Waals surface area contributed by atoms with Crippen LogP contribution in [-0.4, -0.2) is 64.4 Å². The number of fused-ring (bicyclic) bond motifs is 1. The molecule has 0 aromatic carbocycles. The van der Waals surface area contributed by atoms with Crippen molar-refractivity contribution >= 4 is 23.7 Å². The molecule has 2 fully saturated rings. The Bertz CT molecular complexity index is 982. The number of ether oxygens (including phenoxy) is 4. The minimum absolute atomic E-state index is 0.187. The van der Waals surface area contributed by atoms with E-state index in [-0.39, 0.29) is 12.2 Å². The van der Waals surface area contributed by atoms with Gasteiger partial charge in [0.2, 0.25) is 0 Å². The van der Waals surface area contributed by atoms with E-state index in [1.54, 1.807) is 39.8 Å². The number of esters is 3. The largest absolute Gasteiger partial charge is 0.458 e. The molecule has 2 aliphatic carbocycles. The zero-order valence-electron chi connectivity index (χ0n) is 19.6. The van der Waals surface area contributed by atoms with Crippen molar-refractivity contribution in [2.75, 3.05) is 0 Å². The van der Waals surface area contributed by atoms with Crippen LogP contribution in [0.2, 0.25) is 0 Å². The normalized spacial score (nSPS) is 47.8. The first kappa shape index (κ1) is 23.6. The number of hydrogen-bond acceptors (Lipinski definition) is 9. The van der Waals surface area contributed by atoms with Crippen LogP contribution < -0.4 is 0 Å². The molecule has 0 saturated carbocycles. The third-order valence-electron chi connectivity index (χ3n) is 7.74. The lowest BCUT2D eigenvalue weighted by Crippen LogP contribution is -2.60. The monoisotopic (exact) mass is 462 g/mol. The second-order valence-electron chi connectivity index (χ2n) is 10.0. The van der Waals surface area contributed by atoms with Crippen LogP contribution in [-0.2, 0) is 38.1 Å². The maximum absolute atomic E-state index is 12.7. The lowest BCUT2D eigenvalue weighted by Gasteiger charge is -2.50. The van der Waals surface area contributed by atoms with Gasteiger partial charge in [-0.2, -0.15) is 0 Å². The number of aliphatic hydroxyl groups is 1. The smallest absolute Gasteiger partial charge is 0.342 e. The molecule has 0 radical (unpaired) electrons. The molecule has 0 bridgehead atoms. The molecule has 9 heteroatoms. The fourth-order valence-corrected chi connectivity index (χ4v) is 6.08. The van der Waals surface area contributed by atoms with Crippen LogP contribution in [0.25, 0.3) is 0 Å². The average Bonchev–Trinajstić information content (AvgIpc) is 3.29. The van der Waals surface area contributed by atoms with Gasteiger partial charge in [-0.1, -0.05) is 25.5 Å². The summed E-state index contributed by atoms with van der Waals surface area (Å²) in [4.78, 5) is 49.5. The number of ketones is 1. The quantitative estimate of drug-likeness (QED) is 0.280. The second-order valence-corrected chi connectivity index (χ2v) is 10.0. The van der Waals surface area contributed by atoms with Crippen molar-refractivity contribution in [3.8, 4) is 0 Å². The Morgan fingerprint density at radius 1 is 1.15 bits per heavy atom. The summed E-state index contributed by atoms with van der Waals surface area (Å²) < 4.78 is 22.9. The van der Waals surface area contributed by atoms with Crippen LogP contribution >= 0.6 is 0 Å². The lowest BCUT2D eigenvalue weighted by molar-refractivity contribution is -0.187. The molecular formula is C24H30O9. The molecule has 0 amide bonds. The first-order valence-electron chi connectivity index (χ1n) is 11.1. The summed E-state index contributed by atoms with van der Waals surface area (Å²) in [5.74, 6) is -3.49. The molecule has 0 unspecified atom stereocenters. The molecule has 9 nitrogen and oxygen atoms in total. The maximum Gasteiger partial charge on any atom is 0.342 e. The summed E-state index contributed by atoms with van der Waals surface area (Å²) in [6, 6.07) is 0. The molecular weight excluding hydrogens is 432 g/mol. The number of carbonyl (C=O) groups excluding carboxylic acids is 4. The molecule has 2 aliphatic heterocycles. The maximum atomic E-state index is 12.7. The molecule has 9 atom stereocenters. The minimum Gasteiger partial charge on any atom is -0.458 e. The van der Waals surface area contributed by atoms with Crippen LogP contribution in [0.3, 0.4) is 0 Å². The fraction of sp³-hybridized carbons (Fsp3) is 0.667. The van der Waals surface area contributed by atoms with Gasteiger partial charge in [0.05, 0.1) is 6.10 Å². The molecule has 2 heterocycles. The van der Waals surface area contributed by atoms with E-state index < -0.39 is 70.8 Å². The van der Waals surface area contributed by atoms with Gasteiger partial charge >= 0.3 is 17.9 Å². The van der Waals surface area contributed by atoms with Gasteiger partial charge in [-0.15, -0.1) is 0 Å². The van der Waals surface area contributed by atoms with Gasteiger partial charge in [0.25, 0.3) is 0 Å². The lowest BCUT2D eigenvalue weighted by atomic mass is 9.57. The predicted octanol–water partition coefficient (Wildman–Crippen LogP) is 1.41. The van der Waals surface area contributed by atoms with Crippen molar-refractivity contribution < 1.29 is 43.2 Å². The standard InChI is InChI=1S/C24H30O9/c1-11-9-16(30-13(3)25)20(31-14(4)26)22(5)8-7-15(27)12(2)18(22)19(28)24-17(10-11)32-21(29)23(24,6)33-24/h7-8,10,12,16-20,28H,9H2,1-6H3/b11-10-/t12-,16+,17-,18+,19-,20-,22-,23-,24-/m1/s1. The fourth-order valence-electron chi connectivity index (χ4n) is 6.08. The number of allylic oxidation sites excluding steroid dienone is 1. The Kier molecular flexibility index (Phi) is 5.37. The highest BCUT2D eigenvalue weighted by molar-refractivity contribution is 5.93. The van der Waals surface area contributed by atoms with Gasteiger partial charge in [-0.3, -0.25) is 14.4 Å². The van der Waals surface area contributed by atoms with E-state index in [9.17, 15) is 24.3 Å². The molecule has 4 aliphatic rings. The number of epoxide rings is 1. The molecule has 0 aromatic heterocycles.